The van der Waals surface area contributed by atoms with E-state index in [1.165, 1.54) is 6.92 Å². The Morgan fingerprint density at radius 3 is 2.57 bits per heavy atom. The van der Waals surface area contributed by atoms with Crippen LogP contribution >= 0.6 is 0 Å². The van der Waals surface area contributed by atoms with Crippen molar-refractivity contribution in [2.24, 2.45) is 0 Å². The van der Waals surface area contributed by atoms with Crippen molar-refractivity contribution in [1.82, 2.24) is 24.3 Å². The fourth-order valence-electron chi connectivity index (χ4n) is 3.48. The maximum Gasteiger partial charge on any atom is 0.340 e. The number of rotatable bonds is 5. The Balaban J connectivity index is 1.67. The molecule has 0 saturated carbocycles. The van der Waals surface area contributed by atoms with Gasteiger partial charge in [0.2, 0.25) is 0 Å². The summed E-state index contributed by atoms with van der Waals surface area (Å²) in [5.41, 5.74) is 2.11. The number of benzene rings is 1. The minimum Gasteiger partial charge on any atom is -0.451 e. The lowest BCUT2D eigenvalue weighted by Gasteiger charge is -2.16. The van der Waals surface area contributed by atoms with Crippen molar-refractivity contribution in [1.29, 1.82) is 0 Å². The molecule has 156 valence electrons. The highest BCUT2D eigenvalue weighted by molar-refractivity contribution is 5.94. The van der Waals surface area contributed by atoms with Gasteiger partial charge in [-0.3, -0.25) is 4.57 Å². The van der Waals surface area contributed by atoms with Gasteiger partial charge < -0.3 is 4.74 Å². The molecular formula is C21H21F2N5O2. The van der Waals surface area contributed by atoms with Crippen molar-refractivity contribution in [2.45, 2.75) is 46.4 Å². The molecule has 30 heavy (non-hydrogen) atoms. The Kier molecular flexibility index (Phi) is 4.97. The number of carbonyl (C=O) groups excluding carboxylic acids is 1. The lowest BCUT2D eigenvalue weighted by molar-refractivity contribution is 0.0232. The zero-order valence-corrected chi connectivity index (χ0v) is 17.0. The molecule has 1 atom stereocenters. The van der Waals surface area contributed by atoms with E-state index in [1.54, 1.807) is 48.1 Å². The first-order chi connectivity index (χ1) is 14.3. The summed E-state index contributed by atoms with van der Waals surface area (Å²) >= 11 is 0. The van der Waals surface area contributed by atoms with Crippen LogP contribution in [0.4, 0.5) is 8.78 Å². The van der Waals surface area contributed by atoms with Crippen LogP contribution in [0, 0.1) is 6.92 Å². The van der Waals surface area contributed by atoms with E-state index in [1.807, 2.05) is 13.8 Å². The number of esters is 1. The summed E-state index contributed by atoms with van der Waals surface area (Å²) in [7, 11) is 0. The van der Waals surface area contributed by atoms with Gasteiger partial charge in [-0.1, -0.05) is 12.1 Å². The fraction of sp³-hybridized carbons (Fsp3) is 0.333. The Morgan fingerprint density at radius 2 is 1.87 bits per heavy atom. The molecule has 0 aliphatic carbocycles. The largest absolute Gasteiger partial charge is 0.451 e. The molecule has 0 aliphatic rings. The van der Waals surface area contributed by atoms with Gasteiger partial charge in [0.1, 0.15) is 0 Å². The molecule has 0 fully saturated rings. The summed E-state index contributed by atoms with van der Waals surface area (Å²) < 4.78 is 35.4. The van der Waals surface area contributed by atoms with E-state index in [4.69, 9.17) is 4.74 Å². The number of nitrogens with zero attached hydrogens (tertiary/aromatic N) is 5. The standard InChI is InChI=1S/C21H21F2N5O2/c1-11(2)28-19-14(10-24-28)9-15(12(3)25-19)20(29)30-13(4)18-26-16-7-5-6-8-17(16)27(18)21(22)23/h5-11,13,21H,1-4H3. The Labute approximate surface area is 171 Å². The van der Waals surface area contributed by atoms with E-state index in [-0.39, 0.29) is 22.9 Å². The second-order valence-electron chi connectivity index (χ2n) is 7.37. The highest BCUT2D eigenvalue weighted by Crippen LogP contribution is 2.29. The SMILES string of the molecule is Cc1nc2c(cnn2C(C)C)cc1C(=O)OC(C)c1nc2ccccc2n1C(F)F. The molecule has 1 unspecified atom stereocenters. The number of ether oxygens (including phenoxy) is 1. The first-order valence-electron chi connectivity index (χ1n) is 9.58. The van der Waals surface area contributed by atoms with Crippen LogP contribution in [0.25, 0.3) is 22.1 Å². The van der Waals surface area contributed by atoms with Crippen LogP contribution in [-0.4, -0.2) is 30.3 Å². The summed E-state index contributed by atoms with van der Waals surface area (Å²) in [6.07, 6.45) is 0.658. The number of pyridine rings is 1. The van der Waals surface area contributed by atoms with Crippen LogP contribution < -0.4 is 0 Å². The van der Waals surface area contributed by atoms with E-state index in [0.717, 1.165) is 4.57 Å². The van der Waals surface area contributed by atoms with Crippen LogP contribution in [0.15, 0.2) is 36.5 Å². The first-order valence-corrected chi connectivity index (χ1v) is 9.58. The molecule has 0 aliphatic heterocycles. The number of aryl methyl sites for hydroxylation is 1. The van der Waals surface area contributed by atoms with Gasteiger partial charge in [-0.25, -0.2) is 19.4 Å². The molecule has 4 aromatic rings. The molecule has 0 spiro atoms. The highest BCUT2D eigenvalue weighted by Gasteiger charge is 2.26. The highest BCUT2D eigenvalue weighted by atomic mass is 19.3. The predicted molar refractivity (Wildman–Crippen MR) is 107 cm³/mol. The number of hydrogen-bond donors (Lipinski definition) is 0. The maximum absolute atomic E-state index is 13.7. The molecule has 9 heteroatoms. The van der Waals surface area contributed by atoms with Crippen LogP contribution in [0.5, 0.6) is 0 Å². The van der Waals surface area contributed by atoms with Crippen LogP contribution in [0.1, 0.15) is 61.3 Å². The minimum absolute atomic E-state index is 0.0149. The fourth-order valence-corrected chi connectivity index (χ4v) is 3.48. The molecule has 1 aromatic carbocycles. The van der Waals surface area contributed by atoms with E-state index >= 15 is 0 Å². The summed E-state index contributed by atoms with van der Waals surface area (Å²) in [5.74, 6) is -0.668. The average Bonchev–Trinajstić information content (AvgIpc) is 3.28. The molecular weight excluding hydrogens is 392 g/mol. The van der Waals surface area contributed by atoms with E-state index in [2.05, 4.69) is 15.1 Å². The zero-order chi connectivity index (χ0) is 21.6. The number of halogens is 2. The zero-order valence-electron chi connectivity index (χ0n) is 17.0. The van der Waals surface area contributed by atoms with Crippen LogP contribution in [0.2, 0.25) is 0 Å². The molecule has 0 N–H and O–H groups in total. The monoisotopic (exact) mass is 413 g/mol. The van der Waals surface area contributed by atoms with E-state index in [0.29, 0.717) is 22.2 Å². The second-order valence-corrected chi connectivity index (χ2v) is 7.37. The summed E-state index contributed by atoms with van der Waals surface area (Å²) in [4.78, 5) is 21.6. The molecule has 3 heterocycles. The topological polar surface area (TPSA) is 74.8 Å². The van der Waals surface area contributed by atoms with E-state index < -0.39 is 18.6 Å². The van der Waals surface area contributed by atoms with Crippen LogP contribution in [0.3, 0.4) is 0 Å². The van der Waals surface area contributed by atoms with Gasteiger partial charge in [0, 0.05) is 11.4 Å². The Bertz CT molecular complexity index is 1250. The van der Waals surface area contributed by atoms with Gasteiger partial charge in [-0.2, -0.15) is 13.9 Å². The summed E-state index contributed by atoms with van der Waals surface area (Å²) in [6, 6.07) is 8.35. The van der Waals surface area contributed by atoms with Crippen molar-refractivity contribution in [3.05, 3.63) is 53.6 Å². The molecule has 0 bridgehead atoms. The van der Waals surface area contributed by atoms with Gasteiger partial charge in [0.15, 0.2) is 17.6 Å². The molecule has 3 aromatic heterocycles. The average molecular weight is 413 g/mol. The van der Waals surface area contributed by atoms with Gasteiger partial charge in [-0.15, -0.1) is 0 Å². The predicted octanol–water partition coefficient (Wildman–Crippen LogP) is 4.98. The van der Waals surface area contributed by atoms with Gasteiger partial charge in [0.05, 0.1) is 28.5 Å². The molecule has 0 saturated heterocycles. The minimum atomic E-state index is -2.81. The number of aromatic nitrogens is 5. The second kappa shape index (κ2) is 7.47. The number of alkyl halides is 2. The molecule has 7 nitrogen and oxygen atoms in total. The van der Waals surface area contributed by atoms with Crippen LogP contribution in [-0.2, 0) is 4.74 Å². The van der Waals surface area contributed by atoms with Crippen molar-refractivity contribution < 1.29 is 18.3 Å². The first kappa shape index (κ1) is 19.9. The maximum atomic E-state index is 13.7. The van der Waals surface area contributed by atoms with Crippen molar-refractivity contribution in [2.75, 3.05) is 0 Å². The number of para-hydroxylation sites is 2. The van der Waals surface area contributed by atoms with Crippen molar-refractivity contribution in [3.8, 4) is 0 Å². The van der Waals surface area contributed by atoms with E-state index in [9.17, 15) is 13.6 Å². The van der Waals surface area contributed by atoms with Gasteiger partial charge >= 0.3 is 12.5 Å². The third kappa shape index (κ3) is 3.30. The number of imidazole rings is 1. The van der Waals surface area contributed by atoms with Gasteiger partial charge in [0.25, 0.3) is 0 Å². The molecule has 0 radical (unpaired) electrons. The lowest BCUT2D eigenvalue weighted by atomic mass is 10.1. The summed E-state index contributed by atoms with van der Waals surface area (Å²) in [6.45, 7) is 4.39. The third-order valence-corrected chi connectivity index (χ3v) is 4.93. The Hall–Kier alpha value is -3.36. The normalized spacial score (nSPS) is 12.9. The Morgan fingerprint density at radius 1 is 1.13 bits per heavy atom. The van der Waals surface area contributed by atoms with Crippen molar-refractivity contribution in [3.63, 3.8) is 0 Å². The smallest absolute Gasteiger partial charge is 0.340 e. The number of carbonyl (C=O) groups is 1. The van der Waals surface area contributed by atoms with Gasteiger partial charge in [-0.05, 0) is 45.9 Å². The molecule has 4 rings (SSSR count). The number of hydrogen-bond acceptors (Lipinski definition) is 5. The lowest BCUT2D eigenvalue weighted by Crippen LogP contribution is -2.16. The van der Waals surface area contributed by atoms with Crippen molar-refractivity contribution >= 4 is 28.0 Å². The molecule has 0 amide bonds. The quantitative estimate of drug-likeness (QED) is 0.431. The number of fused-ring (bicyclic) bond motifs is 2. The summed E-state index contributed by atoms with van der Waals surface area (Å²) in [5, 5.41) is 5.01. The third-order valence-electron chi connectivity index (χ3n) is 4.93.